The van der Waals surface area contributed by atoms with Crippen molar-refractivity contribution in [2.45, 2.75) is 55.9 Å². The van der Waals surface area contributed by atoms with Gasteiger partial charge in [0.1, 0.15) is 12.4 Å². The summed E-state index contributed by atoms with van der Waals surface area (Å²) in [6.07, 6.45) is 6.76. The van der Waals surface area contributed by atoms with Gasteiger partial charge >= 0.3 is 0 Å². The third kappa shape index (κ3) is 4.33. The van der Waals surface area contributed by atoms with Gasteiger partial charge in [0.15, 0.2) is 0 Å². The number of amides is 1. The van der Waals surface area contributed by atoms with Gasteiger partial charge in [0.25, 0.3) is 0 Å². The molecule has 4 N–H and O–H groups in total. The van der Waals surface area contributed by atoms with Crippen molar-refractivity contribution in [1.82, 2.24) is 5.32 Å². The first-order valence-electron chi connectivity index (χ1n) is 9.68. The molecule has 5 nitrogen and oxygen atoms in total. The van der Waals surface area contributed by atoms with Crippen molar-refractivity contribution in [2.75, 3.05) is 19.8 Å². The number of rotatable bonds is 8. The summed E-state index contributed by atoms with van der Waals surface area (Å²) in [5.41, 5.74) is 7.26. The number of hydrogen-bond donors (Lipinski definition) is 3. The van der Waals surface area contributed by atoms with Crippen molar-refractivity contribution in [2.24, 2.45) is 5.73 Å². The number of aliphatic hydroxyl groups is 1. The van der Waals surface area contributed by atoms with E-state index >= 15 is 0 Å². The van der Waals surface area contributed by atoms with Crippen LogP contribution >= 0.6 is 0 Å². The van der Waals surface area contributed by atoms with Crippen LogP contribution in [-0.4, -0.2) is 36.3 Å². The van der Waals surface area contributed by atoms with Crippen LogP contribution in [0.2, 0.25) is 0 Å². The first kappa shape index (κ1) is 19.8. The second-order valence-corrected chi connectivity index (χ2v) is 7.87. The molecule has 148 valence electrons. The average molecular weight is 376 g/mol. The van der Waals surface area contributed by atoms with Crippen LogP contribution in [0.15, 0.2) is 36.2 Å². The molecular formula is C21H29FN2O3. The molecule has 0 atom stereocenters. The molecule has 3 fully saturated rings. The van der Waals surface area contributed by atoms with Gasteiger partial charge in [-0.05, 0) is 61.6 Å². The maximum absolute atomic E-state index is 12.6. The summed E-state index contributed by atoms with van der Waals surface area (Å²) < 4.78 is 18.2. The Morgan fingerprint density at radius 2 is 1.81 bits per heavy atom. The molecule has 1 aromatic carbocycles. The topological polar surface area (TPSA) is 84.6 Å². The van der Waals surface area contributed by atoms with E-state index in [0.29, 0.717) is 17.7 Å². The molecule has 1 aromatic rings. The zero-order valence-electron chi connectivity index (χ0n) is 15.7. The fraction of sp³-hybridized carbons (Fsp3) is 0.571. The zero-order chi connectivity index (χ0) is 19.3. The number of ether oxygens (including phenoxy) is 1. The SMILES string of the molecule is NCC(=CF)COc1ccc(C23CCC(NC(=O)CCO)(CC2)CC3)cc1. The van der Waals surface area contributed by atoms with Crippen LogP contribution in [0.1, 0.15) is 50.5 Å². The molecule has 2 bridgehead atoms. The maximum Gasteiger partial charge on any atom is 0.222 e. The molecule has 0 unspecified atom stereocenters. The van der Waals surface area contributed by atoms with Crippen molar-refractivity contribution >= 4 is 5.91 Å². The summed E-state index contributed by atoms with van der Waals surface area (Å²) in [7, 11) is 0. The van der Waals surface area contributed by atoms with Crippen LogP contribution in [-0.2, 0) is 10.2 Å². The van der Waals surface area contributed by atoms with E-state index in [2.05, 4.69) is 17.4 Å². The van der Waals surface area contributed by atoms with Crippen molar-refractivity contribution in [3.8, 4) is 5.75 Å². The van der Waals surface area contributed by atoms with E-state index in [1.54, 1.807) is 0 Å². The third-order valence-corrected chi connectivity index (χ3v) is 6.30. The summed E-state index contributed by atoms with van der Waals surface area (Å²) in [5.74, 6) is 0.660. The molecule has 1 amide bonds. The summed E-state index contributed by atoms with van der Waals surface area (Å²) in [6, 6.07) is 8.10. The normalized spacial score (nSPS) is 27.4. The van der Waals surface area contributed by atoms with Gasteiger partial charge in [-0.25, -0.2) is 4.39 Å². The lowest BCUT2D eigenvalue weighted by atomic mass is 9.55. The van der Waals surface area contributed by atoms with Crippen molar-refractivity contribution in [3.63, 3.8) is 0 Å². The van der Waals surface area contributed by atoms with Crippen LogP contribution in [0.5, 0.6) is 5.75 Å². The fourth-order valence-electron chi connectivity index (χ4n) is 4.48. The highest BCUT2D eigenvalue weighted by Crippen LogP contribution is 2.53. The number of carbonyl (C=O) groups is 1. The number of benzene rings is 1. The highest BCUT2D eigenvalue weighted by molar-refractivity contribution is 5.77. The quantitative estimate of drug-likeness (QED) is 0.651. The van der Waals surface area contributed by atoms with Gasteiger partial charge in [0.05, 0.1) is 12.9 Å². The second-order valence-electron chi connectivity index (χ2n) is 7.87. The van der Waals surface area contributed by atoms with Gasteiger partial charge in [0, 0.05) is 24.1 Å². The molecule has 3 aliphatic rings. The van der Waals surface area contributed by atoms with Crippen LogP contribution in [0, 0.1) is 0 Å². The Labute approximate surface area is 159 Å². The Morgan fingerprint density at radius 1 is 1.19 bits per heavy atom. The Hall–Kier alpha value is -1.92. The molecule has 0 radical (unpaired) electrons. The lowest BCUT2D eigenvalue weighted by Crippen LogP contribution is -2.57. The van der Waals surface area contributed by atoms with E-state index in [1.807, 2.05) is 12.1 Å². The number of nitrogens with two attached hydrogens (primary N) is 1. The van der Waals surface area contributed by atoms with Crippen molar-refractivity contribution in [3.05, 3.63) is 41.7 Å². The molecule has 3 aliphatic carbocycles. The molecule has 6 heteroatoms. The van der Waals surface area contributed by atoms with E-state index in [1.165, 1.54) is 5.56 Å². The first-order valence-corrected chi connectivity index (χ1v) is 9.68. The smallest absolute Gasteiger partial charge is 0.222 e. The summed E-state index contributed by atoms with van der Waals surface area (Å²) in [5, 5.41) is 12.1. The molecule has 4 rings (SSSR count). The highest BCUT2D eigenvalue weighted by Gasteiger charge is 2.49. The number of nitrogens with one attached hydrogen (secondary N) is 1. The summed E-state index contributed by atoms with van der Waals surface area (Å²) in [4.78, 5) is 11.9. The molecule has 0 saturated heterocycles. The zero-order valence-corrected chi connectivity index (χ0v) is 15.7. The largest absolute Gasteiger partial charge is 0.489 e. The van der Waals surface area contributed by atoms with Crippen LogP contribution in [0.4, 0.5) is 4.39 Å². The van der Waals surface area contributed by atoms with E-state index in [0.717, 1.165) is 38.5 Å². The van der Waals surface area contributed by atoms with Gasteiger partial charge in [-0.2, -0.15) is 0 Å². The molecule has 0 aromatic heterocycles. The lowest BCUT2D eigenvalue weighted by Gasteiger charge is -2.54. The maximum atomic E-state index is 12.6. The Balaban J connectivity index is 1.61. The fourth-order valence-corrected chi connectivity index (χ4v) is 4.48. The predicted molar refractivity (Wildman–Crippen MR) is 102 cm³/mol. The number of hydrogen-bond acceptors (Lipinski definition) is 4. The van der Waals surface area contributed by atoms with E-state index in [4.69, 9.17) is 15.6 Å². The van der Waals surface area contributed by atoms with Crippen LogP contribution in [0.25, 0.3) is 0 Å². The minimum Gasteiger partial charge on any atom is -0.489 e. The highest BCUT2D eigenvalue weighted by atomic mass is 19.1. The molecule has 27 heavy (non-hydrogen) atoms. The molecule has 0 aliphatic heterocycles. The van der Waals surface area contributed by atoms with Gasteiger partial charge in [0.2, 0.25) is 5.91 Å². The molecule has 3 saturated carbocycles. The monoisotopic (exact) mass is 376 g/mol. The summed E-state index contributed by atoms with van der Waals surface area (Å²) in [6.45, 7) is 0.204. The van der Waals surface area contributed by atoms with Crippen molar-refractivity contribution in [1.29, 1.82) is 0 Å². The van der Waals surface area contributed by atoms with E-state index in [-0.39, 0.29) is 43.0 Å². The van der Waals surface area contributed by atoms with Crippen LogP contribution < -0.4 is 15.8 Å². The Kier molecular flexibility index (Phi) is 6.17. The van der Waals surface area contributed by atoms with E-state index in [9.17, 15) is 9.18 Å². The van der Waals surface area contributed by atoms with Crippen LogP contribution in [0.3, 0.4) is 0 Å². The Morgan fingerprint density at radius 3 is 2.33 bits per heavy atom. The number of halogens is 1. The standard InChI is InChI=1S/C21H29FN2O3/c22-13-16(14-23)15-27-18-3-1-17(2-4-18)20-6-9-21(10-7-20,11-8-20)24-19(26)5-12-25/h1-4,13,25H,5-12,14-15,23H2,(H,24,26). The number of fused-ring (bicyclic) bond motifs is 3. The van der Waals surface area contributed by atoms with E-state index < -0.39 is 0 Å². The Bertz CT molecular complexity index is 663. The van der Waals surface area contributed by atoms with Crippen molar-refractivity contribution < 1.29 is 19.0 Å². The van der Waals surface area contributed by atoms with Gasteiger partial charge in [-0.15, -0.1) is 0 Å². The third-order valence-electron chi connectivity index (χ3n) is 6.30. The first-order chi connectivity index (χ1) is 13.0. The minimum atomic E-state index is -0.103. The van der Waals surface area contributed by atoms with Gasteiger partial charge in [-0.3, -0.25) is 4.79 Å². The molecule has 0 spiro atoms. The van der Waals surface area contributed by atoms with Gasteiger partial charge < -0.3 is 20.9 Å². The minimum absolute atomic E-state index is 0.0485. The molecular weight excluding hydrogens is 347 g/mol. The summed E-state index contributed by atoms with van der Waals surface area (Å²) >= 11 is 0. The molecule has 0 heterocycles. The second kappa shape index (κ2) is 8.40. The number of aliphatic hydroxyl groups excluding tert-OH is 1. The predicted octanol–water partition coefficient (Wildman–Crippen LogP) is 2.72. The average Bonchev–Trinajstić information content (AvgIpc) is 2.70. The number of carbonyl (C=O) groups excluding carboxylic acids is 1. The lowest BCUT2D eigenvalue weighted by molar-refractivity contribution is -0.125. The van der Waals surface area contributed by atoms with Gasteiger partial charge in [-0.1, -0.05) is 12.1 Å².